The number of allylic oxidation sites excluding steroid dienone is 10. The van der Waals surface area contributed by atoms with Gasteiger partial charge in [-0.15, -0.1) is 0 Å². The third-order valence-electron chi connectivity index (χ3n) is 4.55. The Balaban J connectivity index is 1.83. The van der Waals surface area contributed by atoms with Crippen molar-refractivity contribution in [3.8, 4) is 0 Å². The molecule has 0 saturated carbocycles. The molecular formula is C21H20BrNO. The molecule has 2 aliphatic rings. The van der Waals surface area contributed by atoms with Gasteiger partial charge in [0.25, 0.3) is 0 Å². The van der Waals surface area contributed by atoms with Gasteiger partial charge in [-0.25, -0.2) is 0 Å². The van der Waals surface area contributed by atoms with E-state index < -0.39 is 0 Å². The number of hydrogen-bond acceptors (Lipinski definition) is 2. The Bertz CT molecular complexity index is 837. The van der Waals surface area contributed by atoms with Crippen molar-refractivity contribution in [1.82, 2.24) is 0 Å². The van der Waals surface area contributed by atoms with Crippen LogP contribution in [0.5, 0.6) is 0 Å². The number of carbonyl (C=O) groups excluding carboxylic acids is 1. The molecule has 1 heterocycles. The van der Waals surface area contributed by atoms with Crippen LogP contribution in [0.4, 0.5) is 5.69 Å². The van der Waals surface area contributed by atoms with Crippen LogP contribution < -0.4 is 4.90 Å². The lowest BCUT2D eigenvalue weighted by atomic mass is 9.84. The lowest BCUT2D eigenvalue weighted by molar-refractivity contribution is -0.110. The third kappa shape index (κ3) is 2.96. The maximum atomic E-state index is 11.4. The zero-order chi connectivity index (χ0) is 17.3. The van der Waals surface area contributed by atoms with Gasteiger partial charge in [-0.1, -0.05) is 56.4 Å². The number of rotatable bonds is 2. The number of hydrogen-bond donors (Lipinski definition) is 0. The van der Waals surface area contributed by atoms with Gasteiger partial charge in [-0.05, 0) is 51.4 Å². The average Bonchev–Trinajstić information content (AvgIpc) is 2.75. The van der Waals surface area contributed by atoms with E-state index in [9.17, 15) is 4.79 Å². The van der Waals surface area contributed by atoms with E-state index in [1.807, 2.05) is 24.3 Å². The molecule has 0 fully saturated rings. The summed E-state index contributed by atoms with van der Waals surface area (Å²) in [6.07, 6.45) is 13.5. The van der Waals surface area contributed by atoms with E-state index in [0.717, 1.165) is 5.57 Å². The van der Waals surface area contributed by atoms with E-state index in [4.69, 9.17) is 0 Å². The molecule has 1 aromatic carbocycles. The molecule has 0 amide bonds. The summed E-state index contributed by atoms with van der Waals surface area (Å²) in [5.41, 5.74) is 4.87. The normalized spacial score (nSPS) is 22.6. The Kier molecular flexibility index (Phi) is 4.46. The lowest BCUT2D eigenvalue weighted by Crippen LogP contribution is -2.22. The summed E-state index contributed by atoms with van der Waals surface area (Å²) in [4.78, 5) is 13.6. The van der Waals surface area contributed by atoms with Crippen molar-refractivity contribution in [2.45, 2.75) is 19.3 Å². The van der Waals surface area contributed by atoms with Gasteiger partial charge in [0.15, 0.2) is 5.78 Å². The number of likely N-dealkylation sites (N-methyl/N-ethyl adjacent to an activating group) is 1. The molecule has 1 aromatic rings. The topological polar surface area (TPSA) is 20.3 Å². The van der Waals surface area contributed by atoms with E-state index in [2.05, 4.69) is 78.1 Å². The Labute approximate surface area is 151 Å². The second-order valence-electron chi connectivity index (χ2n) is 6.49. The van der Waals surface area contributed by atoms with Crippen molar-refractivity contribution in [2.75, 3.05) is 11.9 Å². The fourth-order valence-corrected chi connectivity index (χ4v) is 3.63. The van der Waals surface area contributed by atoms with E-state index in [1.54, 1.807) is 6.08 Å². The van der Waals surface area contributed by atoms with Gasteiger partial charge < -0.3 is 4.90 Å². The van der Waals surface area contributed by atoms with Gasteiger partial charge >= 0.3 is 0 Å². The molecule has 0 atom stereocenters. The average molecular weight is 382 g/mol. The van der Waals surface area contributed by atoms with Crippen molar-refractivity contribution in [2.24, 2.45) is 0 Å². The minimum Gasteiger partial charge on any atom is -0.347 e. The van der Waals surface area contributed by atoms with Gasteiger partial charge in [0, 0.05) is 23.8 Å². The van der Waals surface area contributed by atoms with Crippen molar-refractivity contribution in [1.29, 1.82) is 0 Å². The molecule has 0 unspecified atom stereocenters. The fraction of sp³-hybridized carbons (Fsp3) is 0.190. The van der Waals surface area contributed by atoms with Gasteiger partial charge in [0.1, 0.15) is 0 Å². The highest BCUT2D eigenvalue weighted by atomic mass is 79.9. The predicted octanol–water partition coefficient (Wildman–Crippen LogP) is 5.20. The molecule has 1 aliphatic carbocycles. The number of anilines is 1. The molecule has 24 heavy (non-hydrogen) atoms. The highest BCUT2D eigenvalue weighted by molar-refractivity contribution is 9.12. The van der Waals surface area contributed by atoms with Crippen LogP contribution in [0.3, 0.4) is 0 Å². The molecule has 1 aliphatic heterocycles. The number of para-hydroxylation sites is 1. The molecule has 0 saturated heterocycles. The van der Waals surface area contributed by atoms with E-state index in [1.165, 1.54) is 16.9 Å². The summed E-state index contributed by atoms with van der Waals surface area (Å²) in [7, 11) is 2.11. The van der Waals surface area contributed by atoms with Crippen molar-refractivity contribution in [3.05, 3.63) is 88.1 Å². The standard InChI is InChI=1S/C21H20BrNO/c1-21(2)16-9-5-6-10-18(16)23(3)20(21)11-7-4-8-15-12-13-19(24)17(22)14-15/h4-14H,1-3H3. The summed E-state index contributed by atoms with van der Waals surface area (Å²) in [5, 5.41) is 0. The van der Waals surface area contributed by atoms with Crippen molar-refractivity contribution in [3.63, 3.8) is 0 Å². The van der Waals surface area contributed by atoms with Gasteiger partial charge in [0.2, 0.25) is 0 Å². The smallest absolute Gasteiger partial charge is 0.192 e. The second-order valence-corrected chi connectivity index (χ2v) is 7.35. The van der Waals surface area contributed by atoms with Crippen LogP contribution in [0.15, 0.2) is 82.6 Å². The van der Waals surface area contributed by atoms with E-state index in [0.29, 0.717) is 4.48 Å². The summed E-state index contributed by atoms with van der Waals surface area (Å²) in [6.45, 7) is 4.51. The number of benzene rings is 1. The van der Waals surface area contributed by atoms with Crippen LogP contribution >= 0.6 is 15.9 Å². The summed E-state index contributed by atoms with van der Waals surface area (Å²) >= 11 is 3.27. The van der Waals surface area contributed by atoms with Crippen LogP contribution in [0.2, 0.25) is 0 Å². The van der Waals surface area contributed by atoms with Crippen LogP contribution in [0, 0.1) is 0 Å². The molecule has 3 heteroatoms. The number of fused-ring (bicyclic) bond motifs is 1. The van der Waals surface area contributed by atoms with Crippen molar-refractivity contribution < 1.29 is 4.79 Å². The first-order chi connectivity index (χ1) is 11.4. The first kappa shape index (κ1) is 16.7. The minimum atomic E-state index is -0.0110. The second kappa shape index (κ2) is 6.40. The summed E-state index contributed by atoms with van der Waals surface area (Å²) in [6, 6.07) is 8.54. The van der Waals surface area contributed by atoms with Gasteiger partial charge in [-0.2, -0.15) is 0 Å². The van der Waals surface area contributed by atoms with Crippen LogP contribution in [0.1, 0.15) is 19.4 Å². The van der Waals surface area contributed by atoms with Crippen LogP contribution in [0.25, 0.3) is 0 Å². The molecule has 0 radical (unpaired) electrons. The maximum Gasteiger partial charge on any atom is 0.192 e. The highest BCUT2D eigenvalue weighted by Gasteiger charge is 2.37. The number of nitrogens with zero attached hydrogens (tertiary/aromatic N) is 1. The highest BCUT2D eigenvalue weighted by Crippen LogP contribution is 2.46. The van der Waals surface area contributed by atoms with E-state index >= 15 is 0 Å². The Morgan fingerprint density at radius 1 is 1.08 bits per heavy atom. The third-order valence-corrected chi connectivity index (χ3v) is 5.17. The predicted molar refractivity (Wildman–Crippen MR) is 104 cm³/mol. The summed E-state index contributed by atoms with van der Waals surface area (Å²) in [5.74, 6) is 0.00495. The van der Waals surface area contributed by atoms with Crippen LogP contribution in [-0.4, -0.2) is 12.8 Å². The first-order valence-electron chi connectivity index (χ1n) is 7.93. The van der Waals surface area contributed by atoms with Crippen molar-refractivity contribution >= 4 is 27.4 Å². The van der Waals surface area contributed by atoms with Crippen LogP contribution in [-0.2, 0) is 10.2 Å². The van der Waals surface area contributed by atoms with E-state index in [-0.39, 0.29) is 11.2 Å². The quantitative estimate of drug-likeness (QED) is 0.701. The zero-order valence-electron chi connectivity index (χ0n) is 14.1. The summed E-state index contributed by atoms with van der Waals surface area (Å²) < 4.78 is 0.593. The van der Waals surface area contributed by atoms with Gasteiger partial charge in [0.05, 0.1) is 4.48 Å². The number of halogens is 1. The maximum absolute atomic E-state index is 11.4. The largest absolute Gasteiger partial charge is 0.347 e. The SMILES string of the molecule is CN1C(=CC=CC=C2C=CC(=O)C(Br)=C2)C(C)(C)c2ccccc21. The molecule has 0 aromatic heterocycles. The Morgan fingerprint density at radius 2 is 1.79 bits per heavy atom. The van der Waals surface area contributed by atoms with Gasteiger partial charge in [-0.3, -0.25) is 4.79 Å². The molecule has 2 nitrogen and oxygen atoms in total. The Morgan fingerprint density at radius 3 is 2.50 bits per heavy atom. The molecule has 0 bridgehead atoms. The Hall–Kier alpha value is -2.13. The zero-order valence-corrected chi connectivity index (χ0v) is 15.7. The number of carbonyl (C=O) groups is 1. The molecule has 122 valence electrons. The minimum absolute atomic E-state index is 0.00495. The molecule has 0 N–H and O–H groups in total. The lowest BCUT2D eigenvalue weighted by Gasteiger charge is -2.23. The fourth-order valence-electron chi connectivity index (χ4n) is 3.24. The molecule has 0 spiro atoms. The number of ketones is 1. The monoisotopic (exact) mass is 381 g/mol. The molecule has 3 rings (SSSR count). The first-order valence-corrected chi connectivity index (χ1v) is 8.72. The molecular weight excluding hydrogens is 362 g/mol.